The van der Waals surface area contributed by atoms with Gasteiger partial charge in [-0.25, -0.2) is 4.68 Å². The second-order valence-electron chi connectivity index (χ2n) is 4.83. The zero-order chi connectivity index (χ0) is 14.3. The van der Waals surface area contributed by atoms with Crippen LogP contribution in [0.2, 0.25) is 0 Å². The Hall–Kier alpha value is -2.05. The van der Waals surface area contributed by atoms with E-state index in [1.54, 1.807) is 10.7 Å². The molecule has 2 heterocycles. The van der Waals surface area contributed by atoms with Crippen molar-refractivity contribution in [2.24, 2.45) is 0 Å². The van der Waals surface area contributed by atoms with Gasteiger partial charge in [0.1, 0.15) is 5.82 Å². The number of fused-ring (bicyclic) bond motifs is 1. The molecule has 0 spiro atoms. The third kappa shape index (κ3) is 2.13. The van der Waals surface area contributed by atoms with Gasteiger partial charge in [0, 0.05) is 12.5 Å². The van der Waals surface area contributed by atoms with Crippen LogP contribution >= 0.6 is 0 Å². The minimum absolute atomic E-state index is 0.108. The van der Waals surface area contributed by atoms with Crippen molar-refractivity contribution >= 4 is 5.95 Å². The number of aromatic nitrogens is 3. The molecule has 0 amide bonds. The van der Waals surface area contributed by atoms with E-state index in [2.05, 4.69) is 10.1 Å². The van der Waals surface area contributed by atoms with Crippen molar-refractivity contribution in [3.8, 4) is 0 Å². The lowest BCUT2D eigenvalue weighted by Gasteiger charge is -2.25. The summed E-state index contributed by atoms with van der Waals surface area (Å²) in [6.45, 7) is 0.643. The number of benzene rings is 1. The third-order valence-electron chi connectivity index (χ3n) is 3.53. The zero-order valence-corrected chi connectivity index (χ0v) is 10.6. The molecule has 2 aromatic rings. The number of rotatable bonds is 1. The highest BCUT2D eigenvalue weighted by molar-refractivity contribution is 5.37. The highest BCUT2D eigenvalue weighted by Crippen LogP contribution is 2.40. The quantitative estimate of drug-likeness (QED) is 0.875. The van der Waals surface area contributed by atoms with E-state index in [0.29, 0.717) is 18.8 Å². The molecule has 1 unspecified atom stereocenters. The van der Waals surface area contributed by atoms with Crippen molar-refractivity contribution in [2.45, 2.75) is 31.5 Å². The van der Waals surface area contributed by atoms with Gasteiger partial charge in [-0.05, 0) is 24.5 Å². The molecule has 0 fully saturated rings. The Morgan fingerprint density at radius 1 is 1.25 bits per heavy atom. The van der Waals surface area contributed by atoms with Crippen LogP contribution in [-0.2, 0) is 12.7 Å². The first-order valence-corrected chi connectivity index (χ1v) is 6.33. The topological polar surface area (TPSA) is 56.7 Å². The van der Waals surface area contributed by atoms with Gasteiger partial charge in [-0.2, -0.15) is 18.2 Å². The van der Waals surface area contributed by atoms with Crippen LogP contribution in [0.5, 0.6) is 0 Å². The van der Waals surface area contributed by atoms with E-state index in [1.165, 1.54) is 12.1 Å². The number of nitrogens with two attached hydrogens (primary N) is 1. The lowest BCUT2D eigenvalue weighted by molar-refractivity contribution is -0.138. The summed E-state index contributed by atoms with van der Waals surface area (Å²) >= 11 is 0. The van der Waals surface area contributed by atoms with Crippen molar-refractivity contribution in [2.75, 3.05) is 5.73 Å². The number of hydrogen-bond acceptors (Lipinski definition) is 3. The fourth-order valence-electron chi connectivity index (χ4n) is 2.72. The van der Waals surface area contributed by atoms with Crippen molar-refractivity contribution in [1.29, 1.82) is 0 Å². The van der Waals surface area contributed by atoms with Crippen LogP contribution in [0.15, 0.2) is 24.3 Å². The number of aryl methyl sites for hydroxylation is 1. The normalized spacial score (nSPS) is 18.9. The summed E-state index contributed by atoms with van der Waals surface area (Å²) in [7, 11) is 0. The van der Waals surface area contributed by atoms with E-state index in [4.69, 9.17) is 5.73 Å². The molecular weight excluding hydrogens is 269 g/mol. The predicted molar refractivity (Wildman–Crippen MR) is 67.0 cm³/mol. The van der Waals surface area contributed by atoms with Crippen LogP contribution in [0, 0.1) is 0 Å². The van der Waals surface area contributed by atoms with Gasteiger partial charge >= 0.3 is 6.18 Å². The standard InChI is InChI=1S/C13H13F3N4/c14-13(15,16)10-6-2-1-4-8(10)9-5-3-7-20-11(9)18-12(17)19-20/h1-2,4,6,9H,3,5,7H2,(H2,17,19). The average molecular weight is 282 g/mol. The highest BCUT2D eigenvalue weighted by Gasteiger charge is 2.37. The molecule has 106 valence electrons. The van der Waals surface area contributed by atoms with E-state index in [-0.39, 0.29) is 11.5 Å². The summed E-state index contributed by atoms with van der Waals surface area (Å²) in [4.78, 5) is 4.09. The largest absolute Gasteiger partial charge is 0.416 e. The van der Waals surface area contributed by atoms with Crippen molar-refractivity contribution in [3.05, 3.63) is 41.2 Å². The van der Waals surface area contributed by atoms with Gasteiger partial charge in [0.25, 0.3) is 0 Å². The van der Waals surface area contributed by atoms with E-state index < -0.39 is 17.7 Å². The average Bonchev–Trinajstić information content (AvgIpc) is 2.77. The Balaban J connectivity index is 2.11. The maximum atomic E-state index is 13.1. The molecular formula is C13H13F3N4. The molecule has 0 saturated heterocycles. The molecule has 4 nitrogen and oxygen atoms in total. The summed E-state index contributed by atoms with van der Waals surface area (Å²) in [5.41, 5.74) is 5.19. The predicted octanol–water partition coefficient (Wildman–Crippen LogP) is 2.80. The fraction of sp³-hybridized carbons (Fsp3) is 0.385. The van der Waals surface area contributed by atoms with Crippen molar-refractivity contribution in [1.82, 2.24) is 14.8 Å². The molecule has 1 atom stereocenters. The van der Waals surface area contributed by atoms with Gasteiger partial charge in [-0.15, -0.1) is 5.10 Å². The van der Waals surface area contributed by atoms with E-state index in [1.807, 2.05) is 0 Å². The van der Waals surface area contributed by atoms with Gasteiger partial charge in [0.05, 0.1) is 5.56 Å². The SMILES string of the molecule is Nc1nc2n(n1)CCCC2c1ccccc1C(F)(F)F. The molecule has 1 aliphatic rings. The molecule has 1 aromatic heterocycles. The van der Waals surface area contributed by atoms with Crippen LogP contribution in [0.1, 0.15) is 35.7 Å². The lowest BCUT2D eigenvalue weighted by atomic mass is 9.88. The first kappa shape index (κ1) is 13.0. The second-order valence-corrected chi connectivity index (χ2v) is 4.83. The number of halogens is 3. The maximum Gasteiger partial charge on any atom is 0.416 e. The summed E-state index contributed by atoms with van der Waals surface area (Å²) in [6, 6.07) is 5.62. The highest BCUT2D eigenvalue weighted by atomic mass is 19.4. The van der Waals surface area contributed by atoms with E-state index in [0.717, 1.165) is 12.5 Å². The fourth-order valence-corrected chi connectivity index (χ4v) is 2.72. The van der Waals surface area contributed by atoms with Crippen LogP contribution in [0.25, 0.3) is 0 Å². The molecule has 1 aliphatic heterocycles. The number of alkyl halides is 3. The van der Waals surface area contributed by atoms with Gasteiger partial charge < -0.3 is 5.73 Å². The number of nitrogens with zero attached hydrogens (tertiary/aromatic N) is 3. The Kier molecular flexibility index (Phi) is 2.92. The molecule has 1 aromatic carbocycles. The first-order valence-electron chi connectivity index (χ1n) is 6.33. The van der Waals surface area contributed by atoms with Crippen molar-refractivity contribution < 1.29 is 13.2 Å². The van der Waals surface area contributed by atoms with E-state index in [9.17, 15) is 13.2 Å². The third-order valence-corrected chi connectivity index (χ3v) is 3.53. The molecule has 7 heteroatoms. The Labute approximate surface area is 113 Å². The first-order chi connectivity index (χ1) is 9.47. The van der Waals surface area contributed by atoms with Crippen LogP contribution < -0.4 is 5.73 Å². The smallest absolute Gasteiger partial charge is 0.366 e. The minimum Gasteiger partial charge on any atom is -0.366 e. The summed E-state index contributed by atoms with van der Waals surface area (Å²) in [6.07, 6.45) is -3.00. The molecule has 20 heavy (non-hydrogen) atoms. The van der Waals surface area contributed by atoms with Gasteiger partial charge in [0.15, 0.2) is 0 Å². The van der Waals surface area contributed by atoms with Gasteiger partial charge in [-0.1, -0.05) is 18.2 Å². The van der Waals surface area contributed by atoms with Crippen molar-refractivity contribution in [3.63, 3.8) is 0 Å². The Morgan fingerprint density at radius 2 is 2.00 bits per heavy atom. The second kappa shape index (κ2) is 4.50. The number of nitrogen functional groups attached to an aromatic ring is 1. The summed E-state index contributed by atoms with van der Waals surface area (Å²) < 4.78 is 41.0. The zero-order valence-electron chi connectivity index (χ0n) is 10.6. The monoisotopic (exact) mass is 282 g/mol. The summed E-state index contributed by atoms with van der Waals surface area (Å²) in [5.74, 6) is 0.216. The van der Waals surface area contributed by atoms with Crippen LogP contribution in [-0.4, -0.2) is 14.8 Å². The maximum absolute atomic E-state index is 13.1. The van der Waals surface area contributed by atoms with Crippen LogP contribution in [0.4, 0.5) is 19.1 Å². The van der Waals surface area contributed by atoms with Gasteiger partial charge in [-0.3, -0.25) is 0 Å². The van der Waals surface area contributed by atoms with Gasteiger partial charge in [0.2, 0.25) is 5.95 Å². The lowest BCUT2D eigenvalue weighted by Crippen LogP contribution is -2.21. The number of anilines is 1. The molecule has 0 aliphatic carbocycles. The summed E-state index contributed by atoms with van der Waals surface area (Å²) in [5, 5.41) is 4.02. The molecule has 3 rings (SSSR count). The minimum atomic E-state index is -4.37. The number of hydrogen-bond donors (Lipinski definition) is 1. The molecule has 0 saturated carbocycles. The molecule has 2 N–H and O–H groups in total. The molecule has 0 radical (unpaired) electrons. The van der Waals surface area contributed by atoms with Crippen LogP contribution in [0.3, 0.4) is 0 Å². The van der Waals surface area contributed by atoms with E-state index >= 15 is 0 Å². The Morgan fingerprint density at radius 3 is 2.75 bits per heavy atom. The Bertz CT molecular complexity index is 633. The molecule has 0 bridgehead atoms.